The molecule has 1 aliphatic rings. The van der Waals surface area contributed by atoms with Gasteiger partial charge in [-0.05, 0) is 24.7 Å². The van der Waals surface area contributed by atoms with Gasteiger partial charge < -0.3 is 4.90 Å². The van der Waals surface area contributed by atoms with Crippen molar-refractivity contribution in [1.82, 2.24) is 4.90 Å². The largest absolute Gasteiger partial charge is 0.342 e. The van der Waals surface area contributed by atoms with Crippen molar-refractivity contribution >= 4 is 11.7 Å². The summed E-state index contributed by atoms with van der Waals surface area (Å²) in [6.45, 7) is 10.1. The number of ketones is 1. The van der Waals surface area contributed by atoms with Gasteiger partial charge in [-0.2, -0.15) is 0 Å². The summed E-state index contributed by atoms with van der Waals surface area (Å²) in [6, 6.07) is 0. The van der Waals surface area contributed by atoms with Crippen LogP contribution in [0, 0.1) is 17.8 Å². The fourth-order valence-electron chi connectivity index (χ4n) is 2.16. The molecule has 0 aromatic rings. The van der Waals surface area contributed by atoms with Crippen LogP contribution < -0.4 is 0 Å². The molecule has 1 rings (SSSR count). The summed E-state index contributed by atoms with van der Waals surface area (Å²) in [7, 11) is 0. The minimum absolute atomic E-state index is 0.128. The average molecular weight is 253 g/mol. The highest BCUT2D eigenvalue weighted by Crippen LogP contribution is 2.24. The van der Waals surface area contributed by atoms with Crippen molar-refractivity contribution in [2.75, 3.05) is 13.1 Å². The van der Waals surface area contributed by atoms with Gasteiger partial charge >= 0.3 is 0 Å². The molecule has 104 valence electrons. The normalized spacial score (nSPS) is 16.2. The van der Waals surface area contributed by atoms with Crippen LogP contribution in [0.5, 0.6) is 0 Å². The molecule has 1 amide bonds. The quantitative estimate of drug-likeness (QED) is 0.654. The van der Waals surface area contributed by atoms with E-state index in [9.17, 15) is 9.59 Å². The van der Waals surface area contributed by atoms with E-state index in [1.54, 1.807) is 0 Å². The first kappa shape index (κ1) is 15.2. The van der Waals surface area contributed by atoms with E-state index < -0.39 is 0 Å². The van der Waals surface area contributed by atoms with Crippen LogP contribution in [0.1, 0.15) is 53.4 Å². The van der Waals surface area contributed by atoms with E-state index in [-0.39, 0.29) is 11.8 Å². The van der Waals surface area contributed by atoms with Gasteiger partial charge in [0, 0.05) is 31.8 Å². The molecule has 1 saturated heterocycles. The number of hydrogen-bond acceptors (Lipinski definition) is 2. The highest BCUT2D eigenvalue weighted by atomic mass is 16.2. The Labute approximate surface area is 111 Å². The summed E-state index contributed by atoms with van der Waals surface area (Å²) in [4.78, 5) is 25.2. The number of amides is 1. The molecule has 3 heteroatoms. The Kier molecular flexibility index (Phi) is 5.83. The minimum Gasteiger partial charge on any atom is -0.342 e. The third kappa shape index (κ3) is 4.43. The highest BCUT2D eigenvalue weighted by Gasteiger charge is 2.31. The lowest BCUT2D eigenvalue weighted by Crippen LogP contribution is -2.51. The van der Waals surface area contributed by atoms with E-state index in [2.05, 4.69) is 13.8 Å². The molecule has 0 unspecified atom stereocenters. The summed E-state index contributed by atoms with van der Waals surface area (Å²) in [5.41, 5.74) is 0. The molecule has 0 N–H and O–H groups in total. The predicted octanol–water partition coefficient (Wildman–Crippen LogP) is 2.89. The van der Waals surface area contributed by atoms with Gasteiger partial charge in [0.05, 0.1) is 0 Å². The molecular formula is C15H27NO2. The molecule has 0 aliphatic carbocycles. The predicted molar refractivity (Wildman–Crippen MR) is 73.2 cm³/mol. The second kappa shape index (κ2) is 6.91. The van der Waals surface area contributed by atoms with Crippen LogP contribution in [0.25, 0.3) is 0 Å². The Balaban J connectivity index is 2.07. The van der Waals surface area contributed by atoms with Gasteiger partial charge in [0.25, 0.3) is 0 Å². The molecule has 18 heavy (non-hydrogen) atoms. The molecule has 0 aromatic heterocycles. The summed E-state index contributed by atoms with van der Waals surface area (Å²) in [6.07, 6.45) is 2.93. The third-order valence-electron chi connectivity index (χ3n) is 3.91. The lowest BCUT2D eigenvalue weighted by molar-refractivity contribution is -0.138. The zero-order valence-corrected chi connectivity index (χ0v) is 12.2. The number of carbonyl (C=O) groups is 2. The Bertz CT molecular complexity index is 291. The van der Waals surface area contributed by atoms with E-state index in [1.807, 2.05) is 18.7 Å². The second-order valence-electron chi connectivity index (χ2n) is 6.13. The number of hydrogen-bond donors (Lipinski definition) is 0. The van der Waals surface area contributed by atoms with E-state index in [0.29, 0.717) is 30.5 Å². The van der Waals surface area contributed by atoms with Crippen LogP contribution in [0.2, 0.25) is 0 Å². The molecule has 0 aromatic carbocycles. The molecule has 0 atom stereocenters. The van der Waals surface area contributed by atoms with Crippen molar-refractivity contribution in [3.8, 4) is 0 Å². The summed E-state index contributed by atoms with van der Waals surface area (Å²) < 4.78 is 0. The monoisotopic (exact) mass is 253 g/mol. The van der Waals surface area contributed by atoms with Crippen molar-refractivity contribution in [1.29, 1.82) is 0 Å². The average Bonchev–Trinajstić information content (AvgIpc) is 2.21. The molecule has 0 saturated carbocycles. The van der Waals surface area contributed by atoms with Crippen LogP contribution in [0.15, 0.2) is 0 Å². The zero-order chi connectivity index (χ0) is 13.7. The first-order chi connectivity index (χ1) is 8.41. The Morgan fingerprint density at radius 1 is 1.06 bits per heavy atom. The van der Waals surface area contributed by atoms with Gasteiger partial charge in [-0.15, -0.1) is 0 Å². The van der Waals surface area contributed by atoms with Crippen LogP contribution in [0.4, 0.5) is 0 Å². The molecule has 1 aliphatic heterocycles. The number of unbranched alkanes of at least 4 members (excludes halogenated alkanes) is 1. The standard InChI is InChI=1S/C15H27NO2/c1-11(2)13-9-16(10-13)15(18)8-6-5-7-14(17)12(3)4/h11-13H,5-10H2,1-4H3. The fraction of sp³-hybridized carbons (Fsp3) is 0.867. The molecule has 3 nitrogen and oxygen atoms in total. The number of Topliss-reactive ketones (excluding diaryl/α,β-unsaturated/α-hetero) is 1. The van der Waals surface area contributed by atoms with Crippen LogP contribution in [0.3, 0.4) is 0 Å². The molecule has 0 bridgehead atoms. The number of likely N-dealkylation sites (tertiary alicyclic amines) is 1. The van der Waals surface area contributed by atoms with Crippen LogP contribution in [-0.4, -0.2) is 29.7 Å². The van der Waals surface area contributed by atoms with Gasteiger partial charge in [0.15, 0.2) is 0 Å². The van der Waals surface area contributed by atoms with Crippen LogP contribution >= 0.6 is 0 Å². The Morgan fingerprint density at radius 3 is 2.11 bits per heavy atom. The fourth-order valence-corrected chi connectivity index (χ4v) is 2.16. The third-order valence-corrected chi connectivity index (χ3v) is 3.91. The van der Waals surface area contributed by atoms with Crippen molar-refractivity contribution < 1.29 is 9.59 Å². The van der Waals surface area contributed by atoms with Gasteiger partial charge in [0.1, 0.15) is 5.78 Å². The van der Waals surface area contributed by atoms with E-state index in [1.165, 1.54) is 0 Å². The lowest BCUT2D eigenvalue weighted by atomic mass is 9.88. The summed E-state index contributed by atoms with van der Waals surface area (Å²) in [5.74, 6) is 2.08. The summed E-state index contributed by atoms with van der Waals surface area (Å²) >= 11 is 0. The van der Waals surface area contributed by atoms with E-state index in [4.69, 9.17) is 0 Å². The van der Waals surface area contributed by atoms with Gasteiger partial charge in [-0.25, -0.2) is 0 Å². The summed E-state index contributed by atoms with van der Waals surface area (Å²) in [5, 5.41) is 0. The maximum atomic E-state index is 11.8. The molecule has 1 fully saturated rings. The maximum Gasteiger partial charge on any atom is 0.222 e. The lowest BCUT2D eigenvalue weighted by Gasteiger charge is -2.41. The number of carbonyl (C=O) groups excluding carboxylic acids is 2. The van der Waals surface area contributed by atoms with Gasteiger partial charge in [-0.1, -0.05) is 27.7 Å². The first-order valence-corrected chi connectivity index (χ1v) is 7.22. The molecule has 0 radical (unpaired) electrons. The highest BCUT2D eigenvalue weighted by molar-refractivity contribution is 5.80. The van der Waals surface area contributed by atoms with Crippen molar-refractivity contribution in [2.45, 2.75) is 53.4 Å². The SMILES string of the molecule is CC(C)C(=O)CCCCC(=O)N1CC(C(C)C)C1. The minimum atomic E-state index is 0.128. The van der Waals surface area contributed by atoms with Gasteiger partial charge in [0.2, 0.25) is 5.91 Å². The van der Waals surface area contributed by atoms with Crippen molar-refractivity contribution in [3.63, 3.8) is 0 Å². The van der Waals surface area contributed by atoms with Crippen molar-refractivity contribution in [3.05, 3.63) is 0 Å². The number of rotatable bonds is 7. The van der Waals surface area contributed by atoms with Gasteiger partial charge in [-0.3, -0.25) is 9.59 Å². The molecule has 0 spiro atoms. The first-order valence-electron chi connectivity index (χ1n) is 7.22. The maximum absolute atomic E-state index is 11.8. The van der Waals surface area contributed by atoms with E-state index in [0.717, 1.165) is 25.9 Å². The Morgan fingerprint density at radius 2 is 1.61 bits per heavy atom. The topological polar surface area (TPSA) is 37.4 Å². The van der Waals surface area contributed by atoms with Crippen LogP contribution in [-0.2, 0) is 9.59 Å². The Hall–Kier alpha value is -0.860. The number of nitrogens with zero attached hydrogens (tertiary/aromatic N) is 1. The zero-order valence-electron chi connectivity index (χ0n) is 12.2. The molecule has 1 heterocycles. The molecular weight excluding hydrogens is 226 g/mol. The second-order valence-corrected chi connectivity index (χ2v) is 6.13. The smallest absolute Gasteiger partial charge is 0.222 e. The van der Waals surface area contributed by atoms with Crippen molar-refractivity contribution in [2.24, 2.45) is 17.8 Å². The van der Waals surface area contributed by atoms with E-state index >= 15 is 0 Å².